The lowest BCUT2D eigenvalue weighted by Gasteiger charge is -2.27. The van der Waals surface area contributed by atoms with Gasteiger partial charge in [0.15, 0.2) is 0 Å². The van der Waals surface area contributed by atoms with E-state index in [0.29, 0.717) is 13.2 Å². The molecule has 16 nitrogen and oxygen atoms in total. The monoisotopic (exact) mass is 630 g/mol. The van der Waals surface area contributed by atoms with Crippen LogP contribution in [0.4, 0.5) is 0 Å². The number of nitrogens with two attached hydrogens (primary N) is 1. The summed E-state index contributed by atoms with van der Waals surface area (Å²) in [6.07, 6.45) is -0.137. The van der Waals surface area contributed by atoms with Crippen LogP contribution in [-0.4, -0.2) is 132 Å². The molecule has 2 unspecified atom stereocenters. The van der Waals surface area contributed by atoms with Crippen LogP contribution in [0.1, 0.15) is 25.7 Å². The molecule has 0 aromatic heterocycles. The summed E-state index contributed by atoms with van der Waals surface area (Å²) in [7, 11) is 1.59. The molecule has 7 N–H and O–H groups in total. The number of amides is 4. The van der Waals surface area contributed by atoms with Crippen molar-refractivity contribution >= 4 is 49.4 Å². The molecule has 0 aliphatic rings. The minimum atomic E-state index is -1.14. The molecule has 240 valence electrons. The van der Waals surface area contributed by atoms with Crippen LogP contribution in [0, 0.1) is 0 Å². The summed E-state index contributed by atoms with van der Waals surface area (Å²) in [5.41, 5.74) is 0. The Morgan fingerprint density at radius 1 is 0.756 bits per heavy atom. The summed E-state index contributed by atoms with van der Waals surface area (Å²) in [6, 6.07) is -1.82. The van der Waals surface area contributed by atoms with E-state index in [1.54, 1.807) is 7.05 Å². The molecule has 0 bridgehead atoms. The van der Waals surface area contributed by atoms with Crippen molar-refractivity contribution in [3.05, 3.63) is 0 Å². The minimum absolute atomic E-state index is 0.0417. The highest BCUT2D eigenvalue weighted by Gasteiger charge is 2.29. The van der Waals surface area contributed by atoms with Crippen LogP contribution in [0.5, 0.6) is 0 Å². The van der Waals surface area contributed by atoms with E-state index >= 15 is 0 Å². The van der Waals surface area contributed by atoms with Crippen LogP contribution in [0.15, 0.2) is 0 Å². The smallest absolute Gasteiger partial charge is 0.244 e. The lowest BCUT2D eigenvalue weighted by Crippen LogP contribution is -2.54. The van der Waals surface area contributed by atoms with Crippen molar-refractivity contribution in [1.82, 2.24) is 26.3 Å². The van der Waals surface area contributed by atoms with Crippen LogP contribution in [-0.2, 0) is 41.8 Å². The van der Waals surface area contributed by atoms with Crippen molar-refractivity contribution in [3.63, 3.8) is 0 Å². The highest BCUT2D eigenvalue weighted by molar-refractivity contribution is 7.75. The largest absolute Gasteiger partial charge is 0.394 e. The Kier molecular flexibility index (Phi) is 26.0. The fourth-order valence-electron chi connectivity index (χ4n) is 3.29. The highest BCUT2D eigenvalue weighted by atomic mass is 32.1. The molecule has 18 heteroatoms. The molecule has 4 amide bonds. The molecule has 0 radical (unpaired) electrons. The first-order valence-electron chi connectivity index (χ1n) is 13.2. The normalized spacial score (nSPS) is 12.4. The number of thiol groups is 2. The molecule has 0 heterocycles. The third kappa shape index (κ3) is 20.7. The van der Waals surface area contributed by atoms with Crippen molar-refractivity contribution in [2.45, 2.75) is 37.8 Å². The second kappa shape index (κ2) is 27.1. The van der Waals surface area contributed by atoms with E-state index in [4.69, 9.17) is 25.2 Å². The predicted octanol–water partition coefficient (Wildman–Crippen LogP) is -2.68. The number of carbonyl (C=O) groups excluding carboxylic acids is 4. The number of likely N-dealkylation sites (N-methyl/N-ethyl adjacent to an activating group) is 1. The van der Waals surface area contributed by atoms with Gasteiger partial charge in [0.05, 0.1) is 65.5 Å². The zero-order valence-corrected chi connectivity index (χ0v) is 25.3. The molecule has 0 aliphatic carbocycles. The maximum atomic E-state index is 12.9. The Morgan fingerprint density at radius 3 is 1.83 bits per heavy atom. The molecule has 0 aromatic rings. The molecule has 2 atom stereocenters. The third-order valence-electron chi connectivity index (χ3n) is 5.42. The Hall–Kier alpha value is -1.74. The average molecular weight is 631 g/mol. The van der Waals surface area contributed by atoms with Crippen molar-refractivity contribution in [3.8, 4) is 0 Å². The number of aliphatic hydroxyl groups is 1. The number of rotatable bonds is 27. The molecule has 0 aliphatic heterocycles. The van der Waals surface area contributed by atoms with Gasteiger partial charge in [0.1, 0.15) is 6.04 Å². The lowest BCUT2D eigenvalue weighted by atomic mass is 10.1. The number of ether oxygens (including phenoxy) is 3. The summed E-state index contributed by atoms with van der Waals surface area (Å²) in [5.74, 6) is 4.24. The number of hydrogen-bond donors (Lipinski definition) is 8. The van der Waals surface area contributed by atoms with Crippen molar-refractivity contribution < 1.29 is 46.9 Å². The van der Waals surface area contributed by atoms with Gasteiger partial charge in [0.2, 0.25) is 23.6 Å². The maximum Gasteiger partial charge on any atom is 0.244 e. The van der Waals surface area contributed by atoms with Crippen LogP contribution in [0.3, 0.4) is 0 Å². The Morgan fingerprint density at radius 2 is 1.29 bits per heavy atom. The van der Waals surface area contributed by atoms with E-state index < -0.39 is 23.9 Å². The predicted molar refractivity (Wildman–Crippen MR) is 155 cm³/mol. The fourth-order valence-corrected chi connectivity index (χ4v) is 3.44. The summed E-state index contributed by atoms with van der Waals surface area (Å²) in [5, 5.41) is 20.4. The van der Waals surface area contributed by atoms with E-state index in [2.05, 4.69) is 55.5 Å². The molecular formula is C23H46N6O10S2. The van der Waals surface area contributed by atoms with Gasteiger partial charge in [-0.15, -0.1) is 0 Å². The maximum absolute atomic E-state index is 12.9. The zero-order chi connectivity index (χ0) is 30.7. The van der Waals surface area contributed by atoms with Crippen molar-refractivity contribution in [1.29, 1.82) is 0 Å². The zero-order valence-electron chi connectivity index (χ0n) is 23.5. The van der Waals surface area contributed by atoms with Gasteiger partial charge in [0.25, 0.3) is 0 Å². The highest BCUT2D eigenvalue weighted by Crippen LogP contribution is 2.09. The van der Waals surface area contributed by atoms with Gasteiger partial charge >= 0.3 is 0 Å². The SMILES string of the molecule is CNC(CCC(=O)N(N)C(CCC(=O)NCCOCCO)C(=O)NCCOCCOS)C(=O)NCCOCCOS. The number of hydrazine groups is 1. The quantitative estimate of drug-likeness (QED) is 0.0117. The second-order valence-corrected chi connectivity index (χ2v) is 8.91. The van der Waals surface area contributed by atoms with Gasteiger partial charge in [-0.1, -0.05) is 0 Å². The van der Waals surface area contributed by atoms with Gasteiger partial charge in [-0.05, 0) is 45.7 Å². The van der Waals surface area contributed by atoms with Crippen LogP contribution in [0.2, 0.25) is 0 Å². The van der Waals surface area contributed by atoms with Gasteiger partial charge in [0, 0.05) is 32.5 Å². The van der Waals surface area contributed by atoms with Gasteiger partial charge in [-0.25, -0.2) is 5.84 Å². The fraction of sp³-hybridized carbons (Fsp3) is 0.826. The number of hydrogen-bond acceptors (Lipinski definition) is 14. The summed E-state index contributed by atoms with van der Waals surface area (Å²) < 4.78 is 24.8. The minimum Gasteiger partial charge on any atom is -0.394 e. The molecule has 0 saturated heterocycles. The Balaban J connectivity index is 4.92. The van der Waals surface area contributed by atoms with Crippen LogP contribution in [0.25, 0.3) is 0 Å². The lowest BCUT2D eigenvalue weighted by molar-refractivity contribution is -0.142. The molecule has 41 heavy (non-hydrogen) atoms. The van der Waals surface area contributed by atoms with Crippen LogP contribution >= 0.6 is 25.8 Å². The third-order valence-corrected chi connectivity index (χ3v) is 5.78. The molecule has 0 rings (SSSR count). The molecular weight excluding hydrogens is 584 g/mol. The van der Waals surface area contributed by atoms with E-state index in [1.807, 2.05) is 0 Å². The van der Waals surface area contributed by atoms with E-state index in [9.17, 15) is 19.2 Å². The molecule has 0 spiro atoms. The topological polar surface area (TPSA) is 212 Å². The number of nitrogens with zero attached hydrogens (tertiary/aromatic N) is 1. The molecule has 0 aromatic carbocycles. The summed E-state index contributed by atoms with van der Waals surface area (Å²) in [6.45, 7) is 2.56. The van der Waals surface area contributed by atoms with Gasteiger partial charge in [-0.3, -0.25) is 24.2 Å². The Bertz CT molecular complexity index is 728. The average Bonchev–Trinajstić information content (AvgIpc) is 2.96. The first kappa shape index (κ1) is 39.3. The second-order valence-electron chi connectivity index (χ2n) is 8.39. The van der Waals surface area contributed by atoms with Gasteiger partial charge < -0.3 is 49.0 Å². The molecule has 0 saturated carbocycles. The Labute approximate surface area is 252 Å². The van der Waals surface area contributed by atoms with E-state index in [-0.39, 0.29) is 103 Å². The van der Waals surface area contributed by atoms with Crippen LogP contribution < -0.4 is 27.1 Å². The first-order valence-corrected chi connectivity index (χ1v) is 14.0. The van der Waals surface area contributed by atoms with Crippen molar-refractivity contribution in [2.24, 2.45) is 5.84 Å². The number of aliphatic hydroxyl groups excluding tert-OH is 1. The van der Waals surface area contributed by atoms with E-state index in [1.165, 1.54) is 0 Å². The molecule has 0 fully saturated rings. The van der Waals surface area contributed by atoms with E-state index in [0.717, 1.165) is 5.01 Å². The standard InChI is InChI=1S/C23H46N6O10S2/c1-25-18(22(33)27-7-11-36-14-16-38-40)2-5-21(32)29(24)19(23(34)28-8-12-37-15-17-39-41)3-4-20(31)26-6-10-35-13-9-30/h18-19,25,30,40-41H,2-17,24H2,1H3,(H,26,31)(H,27,33)(H,28,34). The number of carbonyl (C=O) groups is 4. The number of nitrogens with one attached hydrogen (secondary N) is 4. The van der Waals surface area contributed by atoms with Gasteiger partial charge in [-0.2, -0.15) is 0 Å². The first-order chi connectivity index (χ1) is 19.8. The summed E-state index contributed by atoms with van der Waals surface area (Å²) in [4.78, 5) is 50.5. The van der Waals surface area contributed by atoms with Crippen molar-refractivity contribution in [2.75, 3.05) is 86.1 Å². The summed E-state index contributed by atoms with van der Waals surface area (Å²) >= 11 is 7.22.